The molecule has 2 aromatic heterocycles. The molecule has 0 aliphatic carbocycles. The van der Waals surface area contributed by atoms with Crippen LogP contribution in [-0.2, 0) is 7.05 Å². The summed E-state index contributed by atoms with van der Waals surface area (Å²) in [5.74, 6) is 1.26. The predicted octanol–water partition coefficient (Wildman–Crippen LogP) is 2.09. The fourth-order valence-electron chi connectivity index (χ4n) is 3.49. The molecule has 1 fully saturated rings. The first-order valence-corrected chi connectivity index (χ1v) is 8.99. The number of rotatable bonds is 4. The van der Waals surface area contributed by atoms with Gasteiger partial charge in [-0.15, -0.1) is 0 Å². The first-order valence-electron chi connectivity index (χ1n) is 8.99. The average molecular weight is 366 g/mol. The number of benzene rings is 1. The summed E-state index contributed by atoms with van der Waals surface area (Å²) in [6.07, 6.45) is 3.18. The van der Waals surface area contributed by atoms with Gasteiger partial charge in [0, 0.05) is 37.6 Å². The zero-order valence-corrected chi connectivity index (χ0v) is 15.4. The van der Waals surface area contributed by atoms with E-state index in [1.807, 2.05) is 36.2 Å². The number of aromatic nitrogens is 4. The highest BCUT2D eigenvalue weighted by Crippen LogP contribution is 2.22. The standard InChI is InChI=1S/C19H22N6O2/c1-24-15-6-4-3-5-14(15)18(23-24)19(26)25-9-7-13(8-10-25)22-16-11-17(27-2)21-12-20-16/h3-6,11-13H,7-10H2,1-2H3,(H,20,21,22). The van der Waals surface area contributed by atoms with Crippen molar-refractivity contribution in [1.29, 1.82) is 0 Å². The van der Waals surface area contributed by atoms with E-state index in [1.54, 1.807) is 17.9 Å². The number of carbonyl (C=O) groups excluding carboxylic acids is 1. The summed E-state index contributed by atoms with van der Waals surface area (Å²) < 4.78 is 6.89. The SMILES string of the molecule is COc1cc(NC2CCN(C(=O)c3nn(C)c4ccccc34)CC2)ncn1. The minimum absolute atomic E-state index is 0.00560. The van der Waals surface area contributed by atoms with Crippen LogP contribution in [0.5, 0.6) is 5.88 Å². The highest BCUT2D eigenvalue weighted by molar-refractivity contribution is 6.04. The van der Waals surface area contributed by atoms with Crippen LogP contribution in [0.15, 0.2) is 36.7 Å². The zero-order valence-electron chi connectivity index (χ0n) is 15.4. The van der Waals surface area contributed by atoms with E-state index in [-0.39, 0.29) is 11.9 Å². The lowest BCUT2D eigenvalue weighted by atomic mass is 10.0. The molecule has 8 heteroatoms. The van der Waals surface area contributed by atoms with Crippen molar-refractivity contribution in [3.63, 3.8) is 0 Å². The van der Waals surface area contributed by atoms with Crippen LogP contribution in [0.2, 0.25) is 0 Å². The van der Waals surface area contributed by atoms with Gasteiger partial charge in [-0.05, 0) is 18.9 Å². The molecule has 0 atom stereocenters. The van der Waals surface area contributed by atoms with E-state index >= 15 is 0 Å². The van der Waals surface area contributed by atoms with E-state index in [1.165, 1.54) is 6.33 Å². The summed E-state index contributed by atoms with van der Waals surface area (Å²) in [4.78, 5) is 23.1. The van der Waals surface area contributed by atoms with Crippen LogP contribution in [0, 0.1) is 0 Å². The number of para-hydroxylation sites is 1. The van der Waals surface area contributed by atoms with Crippen LogP contribution in [0.1, 0.15) is 23.3 Å². The Morgan fingerprint density at radius 3 is 2.78 bits per heavy atom. The normalized spacial score (nSPS) is 15.1. The molecule has 27 heavy (non-hydrogen) atoms. The topological polar surface area (TPSA) is 85.2 Å². The Kier molecular flexibility index (Phi) is 4.62. The Hall–Kier alpha value is -3.16. The van der Waals surface area contributed by atoms with Gasteiger partial charge in [-0.3, -0.25) is 9.48 Å². The molecule has 1 aromatic carbocycles. The summed E-state index contributed by atoms with van der Waals surface area (Å²) in [5, 5.41) is 8.75. The van der Waals surface area contributed by atoms with Gasteiger partial charge in [0.2, 0.25) is 5.88 Å². The number of amides is 1. The third-order valence-electron chi connectivity index (χ3n) is 4.95. The lowest BCUT2D eigenvalue weighted by molar-refractivity contribution is 0.0713. The lowest BCUT2D eigenvalue weighted by Gasteiger charge is -2.32. The molecule has 4 rings (SSSR count). The van der Waals surface area contributed by atoms with E-state index < -0.39 is 0 Å². The maximum Gasteiger partial charge on any atom is 0.275 e. The number of piperidine rings is 1. The molecule has 140 valence electrons. The number of nitrogens with one attached hydrogen (secondary N) is 1. The molecule has 0 spiro atoms. The Balaban J connectivity index is 1.42. The molecule has 0 unspecified atom stereocenters. The Labute approximate surface area is 157 Å². The van der Waals surface area contributed by atoms with Crippen molar-refractivity contribution >= 4 is 22.6 Å². The molecular weight excluding hydrogens is 344 g/mol. The van der Waals surface area contributed by atoms with E-state index in [4.69, 9.17) is 4.74 Å². The summed E-state index contributed by atoms with van der Waals surface area (Å²) in [7, 11) is 3.45. The molecular formula is C19H22N6O2. The Morgan fingerprint density at radius 2 is 2.00 bits per heavy atom. The van der Waals surface area contributed by atoms with Crippen LogP contribution < -0.4 is 10.1 Å². The monoisotopic (exact) mass is 366 g/mol. The van der Waals surface area contributed by atoms with Crippen molar-refractivity contribution in [1.82, 2.24) is 24.6 Å². The van der Waals surface area contributed by atoms with E-state index in [0.29, 0.717) is 24.7 Å². The highest BCUT2D eigenvalue weighted by atomic mass is 16.5. The number of anilines is 1. The number of fused-ring (bicyclic) bond motifs is 1. The number of carbonyl (C=O) groups is 1. The Bertz CT molecular complexity index is 962. The first-order chi connectivity index (χ1) is 13.2. The average Bonchev–Trinajstić information content (AvgIpc) is 3.05. The molecule has 3 heterocycles. The summed E-state index contributed by atoms with van der Waals surface area (Å²) in [6, 6.07) is 9.86. The summed E-state index contributed by atoms with van der Waals surface area (Å²) in [5.41, 5.74) is 1.50. The molecule has 8 nitrogen and oxygen atoms in total. The van der Waals surface area contributed by atoms with Gasteiger partial charge < -0.3 is 15.0 Å². The van der Waals surface area contributed by atoms with Crippen molar-refractivity contribution in [3.05, 3.63) is 42.4 Å². The molecule has 0 radical (unpaired) electrons. The number of likely N-dealkylation sites (tertiary alicyclic amines) is 1. The minimum Gasteiger partial charge on any atom is -0.481 e. The van der Waals surface area contributed by atoms with E-state index in [2.05, 4.69) is 20.4 Å². The smallest absolute Gasteiger partial charge is 0.275 e. The zero-order chi connectivity index (χ0) is 18.8. The molecule has 1 amide bonds. The van der Waals surface area contributed by atoms with Crippen LogP contribution in [0.3, 0.4) is 0 Å². The van der Waals surface area contributed by atoms with Gasteiger partial charge in [-0.2, -0.15) is 5.10 Å². The quantitative estimate of drug-likeness (QED) is 0.761. The van der Waals surface area contributed by atoms with Crippen LogP contribution in [0.25, 0.3) is 10.9 Å². The number of hydrogen-bond acceptors (Lipinski definition) is 6. The second-order valence-corrected chi connectivity index (χ2v) is 6.65. The number of methoxy groups -OCH3 is 1. The van der Waals surface area contributed by atoms with E-state index in [0.717, 1.165) is 29.6 Å². The third-order valence-corrected chi connectivity index (χ3v) is 4.95. The van der Waals surface area contributed by atoms with Gasteiger partial charge in [-0.1, -0.05) is 18.2 Å². The van der Waals surface area contributed by atoms with Gasteiger partial charge in [0.15, 0.2) is 5.69 Å². The maximum absolute atomic E-state index is 13.0. The largest absolute Gasteiger partial charge is 0.481 e. The van der Waals surface area contributed by atoms with Crippen molar-refractivity contribution < 1.29 is 9.53 Å². The molecule has 1 aliphatic heterocycles. The van der Waals surface area contributed by atoms with Gasteiger partial charge >= 0.3 is 0 Å². The highest BCUT2D eigenvalue weighted by Gasteiger charge is 2.26. The first kappa shape index (κ1) is 17.3. The fourth-order valence-corrected chi connectivity index (χ4v) is 3.49. The number of ether oxygens (including phenoxy) is 1. The van der Waals surface area contributed by atoms with Crippen molar-refractivity contribution in [2.75, 3.05) is 25.5 Å². The summed E-state index contributed by atoms with van der Waals surface area (Å²) in [6.45, 7) is 1.37. The number of aryl methyl sites for hydroxylation is 1. The van der Waals surface area contributed by atoms with Crippen LogP contribution in [0.4, 0.5) is 5.82 Å². The van der Waals surface area contributed by atoms with Crippen LogP contribution in [-0.4, -0.2) is 56.8 Å². The molecule has 0 bridgehead atoms. The van der Waals surface area contributed by atoms with Crippen LogP contribution >= 0.6 is 0 Å². The third kappa shape index (κ3) is 3.42. The predicted molar refractivity (Wildman–Crippen MR) is 102 cm³/mol. The second-order valence-electron chi connectivity index (χ2n) is 6.65. The van der Waals surface area contributed by atoms with Gasteiger partial charge in [0.1, 0.15) is 12.1 Å². The van der Waals surface area contributed by atoms with Crippen molar-refractivity contribution in [2.24, 2.45) is 7.05 Å². The minimum atomic E-state index is -0.00560. The lowest BCUT2D eigenvalue weighted by Crippen LogP contribution is -2.42. The van der Waals surface area contributed by atoms with Gasteiger partial charge in [0.05, 0.1) is 12.6 Å². The Morgan fingerprint density at radius 1 is 1.22 bits per heavy atom. The second kappa shape index (κ2) is 7.22. The summed E-state index contributed by atoms with van der Waals surface area (Å²) >= 11 is 0. The van der Waals surface area contributed by atoms with Crippen molar-refractivity contribution in [3.8, 4) is 5.88 Å². The van der Waals surface area contributed by atoms with Gasteiger partial charge in [-0.25, -0.2) is 9.97 Å². The molecule has 1 saturated heterocycles. The van der Waals surface area contributed by atoms with Crippen molar-refractivity contribution in [2.45, 2.75) is 18.9 Å². The number of hydrogen-bond donors (Lipinski definition) is 1. The molecule has 1 aliphatic rings. The maximum atomic E-state index is 13.0. The van der Waals surface area contributed by atoms with E-state index in [9.17, 15) is 4.79 Å². The number of nitrogens with zero attached hydrogens (tertiary/aromatic N) is 5. The molecule has 3 aromatic rings. The fraction of sp³-hybridized carbons (Fsp3) is 0.368. The molecule has 1 N–H and O–H groups in total. The molecule has 0 saturated carbocycles. The van der Waals surface area contributed by atoms with Gasteiger partial charge in [0.25, 0.3) is 5.91 Å².